The van der Waals surface area contributed by atoms with Crippen LogP contribution in [0.5, 0.6) is 5.75 Å². The van der Waals surface area contributed by atoms with Crippen molar-refractivity contribution >= 4 is 33.2 Å². The van der Waals surface area contributed by atoms with Gasteiger partial charge in [-0.3, -0.25) is 9.36 Å². The average Bonchev–Trinajstić information content (AvgIpc) is 3.20. The SMILES string of the molecule is COc1cc(-c2cc3c(s2)c(=O)n(-c2cncnc2)c(=O)n3CCC#N)c(Cl)cc1F. The van der Waals surface area contributed by atoms with Crippen LogP contribution in [0.1, 0.15) is 6.42 Å². The maximum absolute atomic E-state index is 14.0. The van der Waals surface area contributed by atoms with E-state index in [9.17, 15) is 14.0 Å². The van der Waals surface area contributed by atoms with Crippen molar-refractivity contribution in [3.05, 3.63) is 68.6 Å². The summed E-state index contributed by atoms with van der Waals surface area (Å²) in [4.78, 5) is 34.6. The van der Waals surface area contributed by atoms with Crippen molar-refractivity contribution in [2.75, 3.05) is 7.11 Å². The fraction of sp³-hybridized carbons (Fsp3) is 0.150. The zero-order valence-corrected chi connectivity index (χ0v) is 17.6. The summed E-state index contributed by atoms with van der Waals surface area (Å²) >= 11 is 7.34. The van der Waals surface area contributed by atoms with E-state index in [0.29, 0.717) is 16.0 Å². The lowest BCUT2D eigenvalue weighted by molar-refractivity contribution is 0.387. The van der Waals surface area contributed by atoms with Gasteiger partial charge in [-0.15, -0.1) is 11.3 Å². The number of nitrogens with zero attached hydrogens (tertiary/aromatic N) is 5. The Morgan fingerprint density at radius 2 is 2.00 bits per heavy atom. The number of hydrogen-bond donors (Lipinski definition) is 0. The molecule has 3 heterocycles. The van der Waals surface area contributed by atoms with E-state index in [1.54, 1.807) is 6.07 Å². The molecular formula is C20H13ClFN5O3S. The van der Waals surface area contributed by atoms with Crippen LogP contribution in [-0.2, 0) is 6.54 Å². The Bertz CT molecular complexity index is 1460. The Hall–Kier alpha value is -3.55. The number of benzene rings is 1. The zero-order valence-electron chi connectivity index (χ0n) is 16.0. The Labute approximate surface area is 183 Å². The second kappa shape index (κ2) is 8.29. The third kappa shape index (κ3) is 3.58. The number of nitriles is 1. The number of fused-ring (bicyclic) bond motifs is 1. The van der Waals surface area contributed by atoms with E-state index in [1.807, 2.05) is 6.07 Å². The molecule has 0 aliphatic carbocycles. The molecule has 0 aliphatic heterocycles. The minimum absolute atomic E-state index is 0.00225. The lowest BCUT2D eigenvalue weighted by Crippen LogP contribution is -2.38. The molecule has 0 unspecified atom stereocenters. The molecule has 8 nitrogen and oxygen atoms in total. The van der Waals surface area contributed by atoms with E-state index in [-0.39, 0.29) is 34.1 Å². The molecule has 156 valence electrons. The summed E-state index contributed by atoms with van der Waals surface area (Å²) in [7, 11) is 1.33. The monoisotopic (exact) mass is 457 g/mol. The molecule has 0 bridgehead atoms. The van der Waals surface area contributed by atoms with Crippen LogP contribution in [-0.4, -0.2) is 26.2 Å². The number of ether oxygens (including phenoxy) is 1. The summed E-state index contributed by atoms with van der Waals surface area (Å²) in [5.74, 6) is -0.618. The van der Waals surface area contributed by atoms with E-state index in [1.165, 1.54) is 36.5 Å². The van der Waals surface area contributed by atoms with Gasteiger partial charge in [0.2, 0.25) is 0 Å². The van der Waals surface area contributed by atoms with Crippen molar-refractivity contribution in [1.82, 2.24) is 19.1 Å². The highest BCUT2D eigenvalue weighted by Gasteiger charge is 2.20. The van der Waals surface area contributed by atoms with Gasteiger partial charge in [-0.05, 0) is 18.2 Å². The minimum Gasteiger partial charge on any atom is -0.494 e. The molecular weight excluding hydrogens is 445 g/mol. The molecule has 11 heteroatoms. The molecule has 0 amide bonds. The fourth-order valence-corrected chi connectivity index (χ4v) is 4.60. The Balaban J connectivity index is 2.04. The number of hydrogen-bond acceptors (Lipinski definition) is 7. The molecule has 0 aliphatic rings. The second-order valence-electron chi connectivity index (χ2n) is 6.37. The van der Waals surface area contributed by atoms with Crippen molar-refractivity contribution in [1.29, 1.82) is 5.26 Å². The minimum atomic E-state index is -0.616. The third-order valence-corrected chi connectivity index (χ3v) is 6.04. The molecule has 0 fully saturated rings. The molecule has 1 aromatic carbocycles. The first kappa shape index (κ1) is 20.7. The van der Waals surface area contributed by atoms with Gasteiger partial charge in [0.05, 0.1) is 48.2 Å². The molecule has 4 rings (SSSR count). The Kier molecular flexibility index (Phi) is 5.54. The smallest absolute Gasteiger partial charge is 0.336 e. The standard InChI is InChI=1S/C20H13ClFN5O3S/c1-30-16-5-12(13(21)6-14(16)22)17-7-15-18(31-17)19(28)27(11-8-24-10-25-9-11)20(29)26(15)4-2-3-23/h5-10H,2,4H2,1H3. The van der Waals surface area contributed by atoms with Crippen molar-refractivity contribution in [3.63, 3.8) is 0 Å². The van der Waals surface area contributed by atoms with Gasteiger partial charge >= 0.3 is 5.69 Å². The van der Waals surface area contributed by atoms with Crippen LogP contribution in [0.25, 0.3) is 26.3 Å². The quantitative estimate of drug-likeness (QED) is 0.455. The van der Waals surface area contributed by atoms with Gasteiger partial charge in [0.15, 0.2) is 11.6 Å². The molecule has 0 radical (unpaired) electrons. The maximum atomic E-state index is 14.0. The van der Waals surface area contributed by atoms with Crippen LogP contribution in [0.3, 0.4) is 0 Å². The number of aryl methyl sites for hydroxylation is 1. The van der Waals surface area contributed by atoms with Gasteiger partial charge in [-0.1, -0.05) is 11.6 Å². The second-order valence-corrected chi connectivity index (χ2v) is 7.83. The molecule has 0 spiro atoms. The molecule has 0 saturated carbocycles. The molecule has 4 aromatic rings. The van der Waals surface area contributed by atoms with E-state index in [4.69, 9.17) is 21.6 Å². The first-order valence-corrected chi connectivity index (χ1v) is 10.1. The number of methoxy groups -OCH3 is 1. The first-order chi connectivity index (χ1) is 15.0. The topological polar surface area (TPSA) is 103 Å². The van der Waals surface area contributed by atoms with Crippen molar-refractivity contribution in [3.8, 4) is 27.9 Å². The van der Waals surface area contributed by atoms with Gasteiger partial charge < -0.3 is 4.74 Å². The molecule has 0 N–H and O–H groups in total. The largest absolute Gasteiger partial charge is 0.494 e. The number of rotatable bonds is 5. The summed E-state index contributed by atoms with van der Waals surface area (Å²) < 4.78 is 21.6. The van der Waals surface area contributed by atoms with Crippen LogP contribution in [0.15, 0.2) is 46.5 Å². The van der Waals surface area contributed by atoms with Crippen LogP contribution in [0, 0.1) is 17.1 Å². The Morgan fingerprint density at radius 3 is 2.68 bits per heavy atom. The average molecular weight is 458 g/mol. The van der Waals surface area contributed by atoms with E-state index in [0.717, 1.165) is 22.0 Å². The van der Waals surface area contributed by atoms with Gasteiger partial charge in [0.25, 0.3) is 5.56 Å². The van der Waals surface area contributed by atoms with Crippen molar-refractivity contribution in [2.45, 2.75) is 13.0 Å². The number of thiophene rings is 1. The highest BCUT2D eigenvalue weighted by molar-refractivity contribution is 7.22. The molecule has 3 aromatic heterocycles. The summed E-state index contributed by atoms with van der Waals surface area (Å²) in [5.41, 5.74) is -0.146. The molecule has 31 heavy (non-hydrogen) atoms. The van der Waals surface area contributed by atoms with Gasteiger partial charge in [0, 0.05) is 17.0 Å². The number of aromatic nitrogens is 4. The zero-order chi connectivity index (χ0) is 22.1. The van der Waals surface area contributed by atoms with Crippen LogP contribution >= 0.6 is 22.9 Å². The van der Waals surface area contributed by atoms with E-state index < -0.39 is 17.1 Å². The highest BCUT2D eigenvalue weighted by atomic mass is 35.5. The predicted octanol–water partition coefficient (Wildman–Crippen LogP) is 3.39. The summed E-state index contributed by atoms with van der Waals surface area (Å²) in [6.07, 6.45) is 4.06. The fourth-order valence-electron chi connectivity index (χ4n) is 3.17. The molecule has 0 atom stereocenters. The van der Waals surface area contributed by atoms with Crippen molar-refractivity contribution in [2.24, 2.45) is 0 Å². The lowest BCUT2D eigenvalue weighted by atomic mass is 10.1. The normalized spacial score (nSPS) is 10.9. The first-order valence-electron chi connectivity index (χ1n) is 8.91. The van der Waals surface area contributed by atoms with Crippen LogP contribution in [0.2, 0.25) is 5.02 Å². The van der Waals surface area contributed by atoms with E-state index >= 15 is 0 Å². The van der Waals surface area contributed by atoms with Gasteiger partial charge in [-0.2, -0.15) is 5.26 Å². The lowest BCUT2D eigenvalue weighted by Gasteiger charge is -2.10. The van der Waals surface area contributed by atoms with Gasteiger partial charge in [0.1, 0.15) is 11.0 Å². The van der Waals surface area contributed by atoms with Crippen LogP contribution < -0.4 is 16.0 Å². The van der Waals surface area contributed by atoms with Crippen molar-refractivity contribution < 1.29 is 9.13 Å². The molecule has 0 saturated heterocycles. The maximum Gasteiger partial charge on any atom is 0.336 e. The summed E-state index contributed by atoms with van der Waals surface area (Å²) in [5, 5.41) is 9.15. The third-order valence-electron chi connectivity index (χ3n) is 4.58. The van der Waals surface area contributed by atoms with Gasteiger partial charge in [-0.25, -0.2) is 23.7 Å². The number of halogens is 2. The van der Waals surface area contributed by atoms with E-state index in [2.05, 4.69) is 9.97 Å². The predicted molar refractivity (Wildman–Crippen MR) is 114 cm³/mol. The van der Waals surface area contributed by atoms with Crippen LogP contribution in [0.4, 0.5) is 4.39 Å². The summed E-state index contributed by atoms with van der Waals surface area (Å²) in [6.45, 7) is 0.0798. The highest BCUT2D eigenvalue weighted by Crippen LogP contribution is 2.38. The summed E-state index contributed by atoms with van der Waals surface area (Å²) in [6, 6.07) is 6.19. The Morgan fingerprint density at radius 1 is 1.26 bits per heavy atom.